The first-order chi connectivity index (χ1) is 8.31. The lowest BCUT2D eigenvalue weighted by Crippen LogP contribution is -2.31. The van der Waals surface area contributed by atoms with E-state index in [2.05, 4.69) is 27.8 Å². The van der Waals surface area contributed by atoms with E-state index in [-0.39, 0.29) is 0 Å². The number of aromatic nitrogens is 4. The van der Waals surface area contributed by atoms with Crippen LogP contribution in [0.4, 0.5) is 0 Å². The number of hydrogen-bond acceptors (Lipinski definition) is 6. The van der Waals surface area contributed by atoms with Crippen molar-refractivity contribution < 1.29 is 4.74 Å². The quantitative estimate of drug-likeness (QED) is 0.547. The Morgan fingerprint density at radius 2 is 2.41 bits per heavy atom. The van der Waals surface area contributed by atoms with Crippen LogP contribution in [-0.2, 0) is 4.74 Å². The van der Waals surface area contributed by atoms with Gasteiger partial charge in [-0.1, -0.05) is 11.8 Å². The highest BCUT2D eigenvalue weighted by Gasteiger charge is 2.27. The van der Waals surface area contributed by atoms with Crippen LogP contribution in [-0.4, -0.2) is 52.3 Å². The highest BCUT2D eigenvalue weighted by molar-refractivity contribution is 7.99. The normalized spacial score (nSPS) is 17.3. The summed E-state index contributed by atoms with van der Waals surface area (Å²) < 4.78 is 7.01. The minimum absolute atomic E-state index is 0.389. The molecule has 2 rings (SSSR count). The first-order valence-electron chi connectivity index (χ1n) is 5.94. The summed E-state index contributed by atoms with van der Waals surface area (Å²) in [4.78, 5) is 0. The van der Waals surface area contributed by atoms with E-state index in [0.717, 1.165) is 24.1 Å². The summed E-state index contributed by atoms with van der Waals surface area (Å²) in [5.74, 6) is 0.973. The molecule has 0 spiro atoms. The van der Waals surface area contributed by atoms with E-state index < -0.39 is 0 Å². The molecule has 0 saturated heterocycles. The zero-order chi connectivity index (χ0) is 12.1. The monoisotopic (exact) mass is 257 g/mol. The molecule has 6 nitrogen and oxygen atoms in total. The molecule has 0 bridgehead atoms. The number of tetrazole rings is 1. The minimum Gasteiger partial charge on any atom is -0.383 e. The van der Waals surface area contributed by atoms with Gasteiger partial charge in [-0.3, -0.25) is 0 Å². The Balaban J connectivity index is 1.66. The van der Waals surface area contributed by atoms with Crippen LogP contribution in [0.15, 0.2) is 5.16 Å². The highest BCUT2D eigenvalue weighted by Crippen LogP contribution is 2.36. The molecule has 1 unspecified atom stereocenters. The summed E-state index contributed by atoms with van der Waals surface area (Å²) in [6.07, 6.45) is 2.42. The summed E-state index contributed by atoms with van der Waals surface area (Å²) >= 11 is 1.71. The van der Waals surface area contributed by atoms with E-state index in [9.17, 15) is 0 Å². The van der Waals surface area contributed by atoms with Crippen molar-refractivity contribution in [3.63, 3.8) is 0 Å². The van der Waals surface area contributed by atoms with E-state index in [1.807, 2.05) is 4.68 Å². The van der Waals surface area contributed by atoms with E-state index in [1.165, 1.54) is 12.8 Å². The van der Waals surface area contributed by atoms with Crippen molar-refractivity contribution in [2.75, 3.05) is 26.0 Å². The maximum atomic E-state index is 5.06. The highest BCUT2D eigenvalue weighted by atomic mass is 32.2. The molecule has 96 valence electrons. The van der Waals surface area contributed by atoms with Gasteiger partial charge < -0.3 is 10.1 Å². The third-order valence-corrected chi connectivity index (χ3v) is 3.53. The molecule has 17 heavy (non-hydrogen) atoms. The van der Waals surface area contributed by atoms with Crippen molar-refractivity contribution >= 4 is 11.8 Å². The molecule has 1 aromatic rings. The molecular weight excluding hydrogens is 238 g/mol. The Labute approximate surface area is 105 Å². The first kappa shape index (κ1) is 12.8. The molecule has 0 aliphatic heterocycles. The van der Waals surface area contributed by atoms with Gasteiger partial charge in [0.05, 0.1) is 12.6 Å². The Morgan fingerprint density at radius 1 is 1.59 bits per heavy atom. The molecular formula is C10H19N5OS. The van der Waals surface area contributed by atoms with Crippen molar-refractivity contribution in [3.05, 3.63) is 0 Å². The van der Waals surface area contributed by atoms with Gasteiger partial charge in [-0.05, 0) is 30.2 Å². The van der Waals surface area contributed by atoms with Gasteiger partial charge in [0.2, 0.25) is 5.16 Å². The third-order valence-electron chi connectivity index (χ3n) is 2.60. The fraction of sp³-hybridized carbons (Fsp3) is 0.900. The molecule has 1 saturated carbocycles. The maximum absolute atomic E-state index is 5.06. The first-order valence-corrected chi connectivity index (χ1v) is 6.93. The van der Waals surface area contributed by atoms with Crippen LogP contribution in [0.1, 0.15) is 25.8 Å². The topological polar surface area (TPSA) is 64.9 Å². The lowest BCUT2D eigenvalue weighted by molar-refractivity contribution is 0.173. The van der Waals surface area contributed by atoms with E-state index in [1.54, 1.807) is 18.9 Å². The fourth-order valence-corrected chi connectivity index (χ4v) is 2.40. The molecule has 1 aromatic heterocycles. The summed E-state index contributed by atoms with van der Waals surface area (Å²) in [6.45, 7) is 3.79. The molecule has 1 aliphatic carbocycles. The Kier molecular flexibility index (Phi) is 4.75. The average molecular weight is 257 g/mol. The fourth-order valence-electron chi connectivity index (χ4n) is 1.59. The van der Waals surface area contributed by atoms with Crippen molar-refractivity contribution in [1.82, 2.24) is 25.5 Å². The van der Waals surface area contributed by atoms with Crippen LogP contribution in [0.25, 0.3) is 0 Å². The summed E-state index contributed by atoms with van der Waals surface area (Å²) in [7, 11) is 1.72. The van der Waals surface area contributed by atoms with Gasteiger partial charge >= 0.3 is 0 Å². The summed E-state index contributed by atoms with van der Waals surface area (Å²) in [5.41, 5.74) is 0. The number of rotatable bonds is 8. The van der Waals surface area contributed by atoms with Gasteiger partial charge in [-0.15, -0.1) is 5.10 Å². The number of hydrogen-bond donors (Lipinski definition) is 1. The Bertz CT molecular complexity index is 341. The van der Waals surface area contributed by atoms with E-state index >= 15 is 0 Å². The Hall–Kier alpha value is -0.660. The van der Waals surface area contributed by atoms with Crippen molar-refractivity contribution in [2.45, 2.75) is 37.0 Å². The van der Waals surface area contributed by atoms with Gasteiger partial charge in [0.25, 0.3) is 0 Å². The lowest BCUT2D eigenvalue weighted by atomic mass is 10.4. The summed E-state index contributed by atoms with van der Waals surface area (Å²) in [6, 6.07) is 0.938. The molecule has 7 heteroatoms. The SMILES string of the molecule is COCC(C)NCCSc1nnnn1C1CC1. The largest absolute Gasteiger partial charge is 0.383 e. The number of methoxy groups -OCH3 is 1. The molecule has 1 heterocycles. The van der Waals surface area contributed by atoms with Gasteiger partial charge in [-0.25, -0.2) is 4.68 Å². The standard InChI is InChI=1S/C10H19N5OS/c1-8(7-16-2)11-5-6-17-10-12-13-14-15(10)9-3-4-9/h8-9,11H,3-7H2,1-2H3. The zero-order valence-electron chi connectivity index (χ0n) is 10.3. The van der Waals surface area contributed by atoms with Gasteiger partial charge in [0.1, 0.15) is 0 Å². The predicted molar refractivity (Wildman–Crippen MR) is 66.2 cm³/mol. The second-order valence-corrected chi connectivity index (χ2v) is 5.36. The van der Waals surface area contributed by atoms with Crippen LogP contribution in [0.2, 0.25) is 0 Å². The molecule has 0 aromatic carbocycles. The predicted octanol–water partition coefficient (Wildman–Crippen LogP) is 0.725. The average Bonchev–Trinajstić information content (AvgIpc) is 3.05. The van der Waals surface area contributed by atoms with Gasteiger partial charge in [0, 0.05) is 25.4 Å². The molecule has 1 fully saturated rings. The van der Waals surface area contributed by atoms with E-state index in [4.69, 9.17) is 4.74 Å². The maximum Gasteiger partial charge on any atom is 0.209 e. The van der Waals surface area contributed by atoms with Gasteiger partial charge in [-0.2, -0.15) is 0 Å². The van der Waals surface area contributed by atoms with Crippen LogP contribution in [0.3, 0.4) is 0 Å². The second-order valence-electron chi connectivity index (χ2n) is 4.30. The zero-order valence-corrected chi connectivity index (χ0v) is 11.1. The Morgan fingerprint density at radius 3 is 3.12 bits per heavy atom. The third kappa shape index (κ3) is 3.93. The molecule has 1 aliphatic rings. The summed E-state index contributed by atoms with van der Waals surface area (Å²) in [5, 5.41) is 16.1. The van der Waals surface area contributed by atoms with Gasteiger partial charge in [0.15, 0.2) is 0 Å². The number of nitrogens with zero attached hydrogens (tertiary/aromatic N) is 4. The minimum atomic E-state index is 0.389. The number of thioether (sulfide) groups is 1. The van der Waals surface area contributed by atoms with E-state index in [0.29, 0.717) is 12.1 Å². The molecule has 1 N–H and O–H groups in total. The van der Waals surface area contributed by atoms with Crippen molar-refractivity contribution in [2.24, 2.45) is 0 Å². The van der Waals surface area contributed by atoms with Crippen LogP contribution < -0.4 is 5.32 Å². The molecule has 0 radical (unpaired) electrons. The van der Waals surface area contributed by atoms with Crippen LogP contribution in [0, 0.1) is 0 Å². The van der Waals surface area contributed by atoms with Crippen LogP contribution >= 0.6 is 11.8 Å². The molecule has 1 atom stereocenters. The molecule has 0 amide bonds. The van der Waals surface area contributed by atoms with Crippen molar-refractivity contribution in [3.8, 4) is 0 Å². The lowest BCUT2D eigenvalue weighted by Gasteiger charge is -2.11. The second kappa shape index (κ2) is 6.32. The van der Waals surface area contributed by atoms with Crippen LogP contribution in [0.5, 0.6) is 0 Å². The number of nitrogens with one attached hydrogen (secondary N) is 1. The smallest absolute Gasteiger partial charge is 0.209 e. The number of ether oxygens (including phenoxy) is 1. The van der Waals surface area contributed by atoms with Crippen molar-refractivity contribution in [1.29, 1.82) is 0 Å².